The first kappa shape index (κ1) is 16.2. The fraction of sp³-hybridized carbons (Fsp3) is 0.500. The molecule has 4 heteroatoms. The third-order valence-corrected chi connectivity index (χ3v) is 2.94. The van der Waals surface area contributed by atoms with Crippen LogP contribution in [0.2, 0.25) is 0 Å². The highest BCUT2D eigenvalue weighted by Crippen LogP contribution is 2.13. The topological polar surface area (TPSA) is 58.2 Å². The van der Waals surface area contributed by atoms with Gasteiger partial charge in [-0.15, -0.1) is 0 Å². The van der Waals surface area contributed by atoms with Gasteiger partial charge in [-0.2, -0.15) is 0 Å². The second-order valence-electron chi connectivity index (χ2n) is 5.88. The first-order valence-corrected chi connectivity index (χ1v) is 6.95. The number of rotatable bonds is 5. The third-order valence-electron chi connectivity index (χ3n) is 2.94. The maximum absolute atomic E-state index is 11.8. The number of carbonyl (C=O) groups is 2. The van der Waals surface area contributed by atoms with Gasteiger partial charge in [-0.05, 0) is 11.1 Å². The highest BCUT2D eigenvalue weighted by molar-refractivity contribution is 5.81. The van der Waals surface area contributed by atoms with Gasteiger partial charge in [0.05, 0.1) is 0 Å². The minimum Gasteiger partial charge on any atom is -0.352 e. The normalized spacial score (nSPS) is 11.0. The summed E-state index contributed by atoms with van der Waals surface area (Å²) < 4.78 is 0. The van der Waals surface area contributed by atoms with Gasteiger partial charge < -0.3 is 10.6 Å². The Morgan fingerprint density at radius 3 is 2.10 bits per heavy atom. The molecule has 0 aliphatic rings. The van der Waals surface area contributed by atoms with Gasteiger partial charge in [-0.3, -0.25) is 9.59 Å². The molecule has 0 radical (unpaired) electrons. The fourth-order valence-corrected chi connectivity index (χ4v) is 1.62. The van der Waals surface area contributed by atoms with Gasteiger partial charge in [-0.1, -0.05) is 52.0 Å². The van der Waals surface area contributed by atoms with Gasteiger partial charge in [0.25, 0.3) is 0 Å². The average Bonchev–Trinajstić information content (AvgIpc) is 2.41. The molecular formula is C16H24N2O2. The predicted octanol–water partition coefficient (Wildman–Crippen LogP) is 2.38. The van der Waals surface area contributed by atoms with Gasteiger partial charge in [0.1, 0.15) is 0 Å². The van der Waals surface area contributed by atoms with Crippen LogP contribution in [-0.4, -0.2) is 11.8 Å². The summed E-state index contributed by atoms with van der Waals surface area (Å²) in [5.41, 5.74) is 1.69. The molecule has 1 rings (SSSR count). The van der Waals surface area contributed by atoms with Crippen LogP contribution < -0.4 is 10.6 Å². The summed E-state index contributed by atoms with van der Waals surface area (Å²) in [6, 6.07) is 7.87. The zero-order chi connectivity index (χ0) is 15.2. The van der Waals surface area contributed by atoms with Crippen LogP contribution in [0, 0.1) is 5.41 Å². The van der Waals surface area contributed by atoms with E-state index < -0.39 is 0 Å². The molecule has 1 aromatic carbocycles. The largest absolute Gasteiger partial charge is 0.352 e. The lowest BCUT2D eigenvalue weighted by atomic mass is 9.95. The number of hydrogen-bond donors (Lipinski definition) is 2. The molecule has 0 fully saturated rings. The lowest BCUT2D eigenvalue weighted by molar-refractivity contribution is -0.128. The number of carbonyl (C=O) groups excluding carboxylic acids is 2. The maximum Gasteiger partial charge on any atom is 0.225 e. The molecule has 0 aromatic heterocycles. The van der Waals surface area contributed by atoms with E-state index >= 15 is 0 Å². The summed E-state index contributed by atoms with van der Waals surface area (Å²) in [5.74, 6) is 0.0682. The second-order valence-corrected chi connectivity index (χ2v) is 5.88. The average molecular weight is 276 g/mol. The van der Waals surface area contributed by atoms with E-state index in [1.165, 1.54) is 0 Å². The van der Waals surface area contributed by atoms with Gasteiger partial charge in [0.2, 0.25) is 11.8 Å². The number of nitrogens with one attached hydrogen (secondary N) is 2. The Kier molecular flexibility index (Phi) is 5.74. The molecule has 20 heavy (non-hydrogen) atoms. The Morgan fingerprint density at radius 1 is 1.05 bits per heavy atom. The summed E-state index contributed by atoms with van der Waals surface area (Å²) in [4.78, 5) is 23.0. The Hall–Kier alpha value is -1.84. The molecule has 0 unspecified atom stereocenters. The van der Waals surface area contributed by atoms with Crippen LogP contribution in [0.3, 0.4) is 0 Å². The van der Waals surface area contributed by atoms with Gasteiger partial charge >= 0.3 is 0 Å². The van der Waals surface area contributed by atoms with E-state index in [2.05, 4.69) is 10.6 Å². The number of amides is 2. The van der Waals surface area contributed by atoms with E-state index in [4.69, 9.17) is 0 Å². The van der Waals surface area contributed by atoms with Crippen molar-refractivity contribution in [2.45, 2.75) is 47.2 Å². The van der Waals surface area contributed by atoms with Crippen LogP contribution in [0.4, 0.5) is 0 Å². The van der Waals surface area contributed by atoms with Crippen molar-refractivity contribution in [1.82, 2.24) is 10.6 Å². The molecule has 2 N–H and O–H groups in total. The van der Waals surface area contributed by atoms with Crippen molar-refractivity contribution in [2.75, 3.05) is 0 Å². The molecule has 0 atom stereocenters. The van der Waals surface area contributed by atoms with Crippen molar-refractivity contribution in [3.05, 3.63) is 35.4 Å². The minimum absolute atomic E-state index is 0.0298. The fourth-order valence-electron chi connectivity index (χ4n) is 1.62. The van der Waals surface area contributed by atoms with E-state index in [0.717, 1.165) is 11.1 Å². The van der Waals surface area contributed by atoms with Crippen molar-refractivity contribution in [3.8, 4) is 0 Å². The summed E-state index contributed by atoms with van der Waals surface area (Å²) in [6.07, 6.45) is 0.487. The Morgan fingerprint density at radius 2 is 1.60 bits per heavy atom. The number of hydrogen-bond acceptors (Lipinski definition) is 2. The van der Waals surface area contributed by atoms with E-state index in [-0.39, 0.29) is 17.2 Å². The smallest absolute Gasteiger partial charge is 0.225 e. The molecule has 1 aromatic rings. The van der Waals surface area contributed by atoms with Crippen molar-refractivity contribution in [1.29, 1.82) is 0 Å². The third kappa shape index (κ3) is 5.43. The van der Waals surface area contributed by atoms with Crippen LogP contribution in [-0.2, 0) is 22.7 Å². The minimum atomic E-state index is -0.382. The van der Waals surface area contributed by atoms with Gasteiger partial charge in [0.15, 0.2) is 0 Å². The second kappa shape index (κ2) is 7.08. The SMILES string of the molecule is CCC(=O)NCc1cccc(CNC(=O)C(C)(C)C)c1. The van der Waals surface area contributed by atoms with Crippen molar-refractivity contribution in [3.63, 3.8) is 0 Å². The molecule has 4 nitrogen and oxygen atoms in total. The van der Waals surface area contributed by atoms with E-state index in [9.17, 15) is 9.59 Å². The highest BCUT2D eigenvalue weighted by Gasteiger charge is 2.20. The summed E-state index contributed by atoms with van der Waals surface area (Å²) in [6.45, 7) is 8.52. The quantitative estimate of drug-likeness (QED) is 0.867. The van der Waals surface area contributed by atoms with Crippen LogP contribution >= 0.6 is 0 Å². The van der Waals surface area contributed by atoms with E-state index in [0.29, 0.717) is 19.5 Å². The van der Waals surface area contributed by atoms with Crippen LogP contribution in [0.25, 0.3) is 0 Å². The Labute approximate surface area is 121 Å². The summed E-state index contributed by atoms with van der Waals surface area (Å²) >= 11 is 0. The highest BCUT2D eigenvalue weighted by atomic mass is 16.2. The molecule has 0 aliphatic heterocycles. The van der Waals surface area contributed by atoms with Crippen molar-refractivity contribution in [2.24, 2.45) is 5.41 Å². The molecule has 0 spiro atoms. The van der Waals surface area contributed by atoms with Crippen LogP contribution in [0.5, 0.6) is 0 Å². The van der Waals surface area contributed by atoms with E-state index in [1.54, 1.807) is 0 Å². The maximum atomic E-state index is 11.8. The molecule has 0 saturated carbocycles. The summed E-state index contributed by atoms with van der Waals surface area (Å²) in [5, 5.41) is 5.75. The van der Waals surface area contributed by atoms with Crippen molar-refractivity contribution >= 4 is 11.8 Å². The van der Waals surface area contributed by atoms with Crippen LogP contribution in [0.1, 0.15) is 45.2 Å². The van der Waals surface area contributed by atoms with Gasteiger partial charge in [-0.25, -0.2) is 0 Å². The predicted molar refractivity (Wildman–Crippen MR) is 79.9 cm³/mol. The Balaban J connectivity index is 2.56. The first-order chi connectivity index (χ1) is 9.32. The number of benzene rings is 1. The molecule has 0 aliphatic carbocycles. The zero-order valence-corrected chi connectivity index (χ0v) is 12.7. The van der Waals surface area contributed by atoms with Crippen molar-refractivity contribution < 1.29 is 9.59 Å². The lowest BCUT2D eigenvalue weighted by Crippen LogP contribution is -2.34. The first-order valence-electron chi connectivity index (χ1n) is 6.95. The molecular weight excluding hydrogens is 252 g/mol. The van der Waals surface area contributed by atoms with Gasteiger partial charge in [0, 0.05) is 24.9 Å². The Bertz CT molecular complexity index is 476. The standard InChI is InChI=1S/C16H24N2O2/c1-5-14(19)17-10-12-7-6-8-13(9-12)11-18-15(20)16(2,3)4/h6-9H,5,10-11H2,1-4H3,(H,17,19)(H,18,20). The van der Waals surface area contributed by atoms with E-state index in [1.807, 2.05) is 52.0 Å². The lowest BCUT2D eigenvalue weighted by Gasteiger charge is -2.17. The zero-order valence-electron chi connectivity index (χ0n) is 12.7. The molecule has 110 valence electrons. The van der Waals surface area contributed by atoms with Crippen LogP contribution in [0.15, 0.2) is 24.3 Å². The molecule has 0 bridgehead atoms. The molecule has 0 heterocycles. The molecule has 2 amide bonds. The monoisotopic (exact) mass is 276 g/mol. The molecule has 0 saturated heterocycles. The summed E-state index contributed by atoms with van der Waals surface area (Å²) in [7, 11) is 0.